The van der Waals surface area contributed by atoms with E-state index in [4.69, 9.17) is 28.9 Å². The Balaban J connectivity index is 2.10. The zero-order valence-corrected chi connectivity index (χ0v) is 15.2. The molecule has 136 valence electrons. The van der Waals surface area contributed by atoms with E-state index >= 15 is 0 Å². The van der Waals surface area contributed by atoms with E-state index in [1.54, 1.807) is 12.1 Å². The van der Waals surface area contributed by atoms with E-state index in [9.17, 15) is 14.7 Å². The molecule has 2 aliphatic rings. The number of amides is 2. The van der Waals surface area contributed by atoms with E-state index in [0.29, 0.717) is 28.1 Å². The number of anilines is 1. The van der Waals surface area contributed by atoms with Crippen molar-refractivity contribution in [2.24, 2.45) is 11.7 Å². The molecule has 1 heterocycles. The monoisotopic (exact) mass is 385 g/mol. The summed E-state index contributed by atoms with van der Waals surface area (Å²) in [4.78, 5) is 23.3. The molecule has 2 amide bonds. The Morgan fingerprint density at radius 2 is 1.88 bits per heavy atom. The number of aliphatic carboxylic acids is 1. The Labute approximate surface area is 156 Å². The van der Waals surface area contributed by atoms with Gasteiger partial charge in [-0.05, 0) is 48.8 Å². The summed E-state index contributed by atoms with van der Waals surface area (Å²) >= 11 is 12.6. The van der Waals surface area contributed by atoms with Crippen molar-refractivity contribution in [2.75, 3.05) is 5.01 Å². The average molecular weight is 386 g/mol. The van der Waals surface area contributed by atoms with E-state index in [1.807, 2.05) is 0 Å². The van der Waals surface area contributed by atoms with E-state index in [1.165, 1.54) is 11.4 Å². The fraction of sp³-hybridized carbons (Fsp3) is 0.529. The number of benzene rings is 1. The number of hydrazine groups is 1. The lowest BCUT2D eigenvalue weighted by Crippen LogP contribution is -2.56. The van der Waals surface area contributed by atoms with Crippen LogP contribution in [0.15, 0.2) is 12.1 Å². The zero-order chi connectivity index (χ0) is 18.1. The molecule has 1 fully saturated rings. The molecule has 3 rings (SSSR count). The summed E-state index contributed by atoms with van der Waals surface area (Å²) < 4.78 is 0. The number of nitrogens with two attached hydrogens (primary N) is 1. The third-order valence-electron chi connectivity index (χ3n) is 5.23. The van der Waals surface area contributed by atoms with Gasteiger partial charge in [-0.2, -0.15) is 0 Å². The van der Waals surface area contributed by atoms with E-state index in [-0.39, 0.29) is 5.92 Å². The summed E-state index contributed by atoms with van der Waals surface area (Å²) in [5.74, 6) is -0.618. The predicted molar refractivity (Wildman–Crippen MR) is 97.0 cm³/mol. The summed E-state index contributed by atoms with van der Waals surface area (Å²) in [5.41, 5.74) is 9.04. The van der Waals surface area contributed by atoms with Crippen LogP contribution >= 0.6 is 23.2 Å². The molecule has 2 unspecified atom stereocenters. The van der Waals surface area contributed by atoms with Gasteiger partial charge < -0.3 is 10.8 Å². The average Bonchev–Trinajstić information content (AvgIpc) is 2.55. The first-order chi connectivity index (χ1) is 11.9. The first-order valence-corrected chi connectivity index (χ1v) is 9.21. The maximum atomic E-state index is 11.9. The van der Waals surface area contributed by atoms with Gasteiger partial charge >= 0.3 is 12.0 Å². The molecule has 25 heavy (non-hydrogen) atoms. The predicted octanol–water partition coefficient (Wildman–Crippen LogP) is 3.90. The standard InChI is InChI=1S/C17H21Cl2N3O3/c18-10-6-12(19)15-11(9-4-2-1-3-5-9)8-14(16(23)24)22(13(15)7-10)21-17(20)25/h6-7,9,11,14H,1-5,8H2,(H,23,24)(H3,20,21,25). The van der Waals surface area contributed by atoms with Gasteiger partial charge in [0.2, 0.25) is 0 Å². The number of nitrogens with one attached hydrogen (secondary N) is 1. The number of nitrogens with zero attached hydrogens (tertiary/aromatic N) is 1. The molecule has 0 spiro atoms. The number of hydrogen-bond donors (Lipinski definition) is 3. The highest BCUT2D eigenvalue weighted by Crippen LogP contribution is 2.49. The molecule has 0 saturated heterocycles. The van der Waals surface area contributed by atoms with Crippen LogP contribution < -0.4 is 16.2 Å². The number of rotatable bonds is 3. The molecule has 1 aromatic rings. The summed E-state index contributed by atoms with van der Waals surface area (Å²) in [6, 6.07) is 1.57. The van der Waals surface area contributed by atoms with Crippen molar-refractivity contribution in [1.29, 1.82) is 0 Å². The Bertz CT molecular complexity index is 692. The third-order valence-corrected chi connectivity index (χ3v) is 5.76. The Kier molecular flexibility index (Phi) is 5.29. The molecule has 1 aliphatic carbocycles. The molecule has 1 aliphatic heterocycles. The van der Waals surface area contributed by atoms with Crippen LogP contribution in [0.4, 0.5) is 10.5 Å². The second-order valence-electron chi connectivity index (χ2n) is 6.76. The second-order valence-corrected chi connectivity index (χ2v) is 7.60. The molecule has 4 N–H and O–H groups in total. The van der Waals surface area contributed by atoms with Gasteiger partial charge in [-0.1, -0.05) is 42.5 Å². The van der Waals surface area contributed by atoms with Crippen LogP contribution in [0.1, 0.15) is 50.0 Å². The minimum atomic E-state index is -1.02. The number of primary amides is 1. The van der Waals surface area contributed by atoms with Gasteiger partial charge in [0, 0.05) is 10.0 Å². The van der Waals surface area contributed by atoms with Crippen molar-refractivity contribution in [3.05, 3.63) is 27.7 Å². The van der Waals surface area contributed by atoms with Crippen molar-refractivity contribution in [3.63, 3.8) is 0 Å². The third kappa shape index (κ3) is 3.65. The lowest BCUT2D eigenvalue weighted by Gasteiger charge is -2.43. The van der Waals surface area contributed by atoms with Crippen molar-refractivity contribution in [3.8, 4) is 0 Å². The van der Waals surface area contributed by atoms with E-state index < -0.39 is 18.0 Å². The molecule has 1 saturated carbocycles. The Morgan fingerprint density at radius 1 is 1.20 bits per heavy atom. The fourth-order valence-corrected chi connectivity index (χ4v) is 4.82. The van der Waals surface area contributed by atoms with Crippen molar-refractivity contribution >= 4 is 40.9 Å². The van der Waals surface area contributed by atoms with Gasteiger partial charge in [-0.3, -0.25) is 5.01 Å². The van der Waals surface area contributed by atoms with Crippen LogP contribution in [0.2, 0.25) is 10.0 Å². The van der Waals surface area contributed by atoms with Gasteiger partial charge in [0.15, 0.2) is 0 Å². The van der Waals surface area contributed by atoms with Crippen molar-refractivity contribution < 1.29 is 14.7 Å². The molecule has 1 aromatic carbocycles. The molecular weight excluding hydrogens is 365 g/mol. The number of carboxylic acids is 1. The van der Waals surface area contributed by atoms with Gasteiger partial charge in [0.1, 0.15) is 6.04 Å². The summed E-state index contributed by atoms with van der Waals surface area (Å²) in [5, 5.41) is 11.9. The minimum Gasteiger partial charge on any atom is -0.480 e. The highest BCUT2D eigenvalue weighted by Gasteiger charge is 2.42. The number of carboxylic acid groups (broad SMARTS) is 1. The van der Waals surface area contributed by atoms with Crippen LogP contribution in [0, 0.1) is 5.92 Å². The summed E-state index contributed by atoms with van der Waals surface area (Å²) in [6.45, 7) is 0. The number of fused-ring (bicyclic) bond motifs is 1. The quantitative estimate of drug-likeness (QED) is 0.734. The molecule has 0 radical (unpaired) electrons. The maximum absolute atomic E-state index is 11.9. The molecule has 0 aromatic heterocycles. The number of carbonyl (C=O) groups is 2. The van der Waals surface area contributed by atoms with Crippen LogP contribution in [-0.4, -0.2) is 23.1 Å². The number of halogens is 2. The highest BCUT2D eigenvalue weighted by molar-refractivity contribution is 6.35. The van der Waals surface area contributed by atoms with Crippen LogP contribution in [0.5, 0.6) is 0 Å². The van der Waals surface area contributed by atoms with Crippen LogP contribution in [0.25, 0.3) is 0 Å². The summed E-state index contributed by atoms with van der Waals surface area (Å²) in [7, 11) is 0. The molecule has 0 bridgehead atoms. The van der Waals surface area contributed by atoms with Crippen LogP contribution in [0.3, 0.4) is 0 Å². The minimum absolute atomic E-state index is 0.0205. The fourth-order valence-electron chi connectivity index (χ4n) is 4.20. The lowest BCUT2D eigenvalue weighted by molar-refractivity contribution is -0.139. The number of hydrogen-bond acceptors (Lipinski definition) is 3. The topological polar surface area (TPSA) is 95.7 Å². The zero-order valence-electron chi connectivity index (χ0n) is 13.7. The van der Waals surface area contributed by atoms with Crippen LogP contribution in [-0.2, 0) is 4.79 Å². The Morgan fingerprint density at radius 3 is 2.48 bits per heavy atom. The number of carbonyl (C=O) groups excluding carboxylic acids is 1. The smallest absolute Gasteiger partial charge is 0.331 e. The first kappa shape index (κ1) is 18.1. The maximum Gasteiger partial charge on any atom is 0.331 e. The molecule has 8 heteroatoms. The Hall–Kier alpha value is -1.66. The largest absolute Gasteiger partial charge is 0.480 e. The number of urea groups is 1. The van der Waals surface area contributed by atoms with Gasteiger partial charge in [0.05, 0.1) is 5.69 Å². The van der Waals surface area contributed by atoms with Gasteiger partial charge in [-0.15, -0.1) is 0 Å². The van der Waals surface area contributed by atoms with Crippen molar-refractivity contribution in [2.45, 2.75) is 50.5 Å². The van der Waals surface area contributed by atoms with Gasteiger partial charge in [-0.25, -0.2) is 15.0 Å². The lowest BCUT2D eigenvalue weighted by atomic mass is 9.72. The van der Waals surface area contributed by atoms with E-state index in [0.717, 1.165) is 31.2 Å². The first-order valence-electron chi connectivity index (χ1n) is 8.45. The van der Waals surface area contributed by atoms with Gasteiger partial charge in [0.25, 0.3) is 0 Å². The molecule has 2 atom stereocenters. The normalized spacial score (nSPS) is 23.8. The summed E-state index contributed by atoms with van der Waals surface area (Å²) in [6.07, 6.45) is 5.97. The van der Waals surface area contributed by atoms with Crippen molar-refractivity contribution in [1.82, 2.24) is 5.43 Å². The van der Waals surface area contributed by atoms with E-state index in [2.05, 4.69) is 5.43 Å². The highest BCUT2D eigenvalue weighted by atomic mass is 35.5. The molecule has 6 nitrogen and oxygen atoms in total. The SMILES string of the molecule is NC(=O)NN1c2cc(Cl)cc(Cl)c2C(C2CCCCC2)CC1C(=O)O. The second kappa shape index (κ2) is 7.30. The molecular formula is C17H21Cl2N3O3.